The van der Waals surface area contributed by atoms with E-state index in [0.29, 0.717) is 17.0 Å². The van der Waals surface area contributed by atoms with E-state index in [4.69, 9.17) is 0 Å². The van der Waals surface area contributed by atoms with Crippen LogP contribution in [0.1, 0.15) is 31.4 Å². The predicted octanol–water partition coefficient (Wildman–Crippen LogP) is 4.18. The zero-order valence-corrected chi connectivity index (χ0v) is 14.5. The highest BCUT2D eigenvalue weighted by Gasteiger charge is 2.31. The minimum Gasteiger partial charge on any atom is -0.324 e. The number of hydrogen-bond acceptors (Lipinski definition) is 6. The molecule has 6 nitrogen and oxygen atoms in total. The number of hydrogen-bond donors (Lipinski definition) is 2. The molecule has 1 aliphatic rings. The van der Waals surface area contributed by atoms with Gasteiger partial charge >= 0.3 is 0 Å². The number of para-hydroxylation sites is 1. The number of anilines is 3. The molecule has 7 heteroatoms. The minimum atomic E-state index is -0.114. The van der Waals surface area contributed by atoms with Crippen molar-refractivity contribution in [3.05, 3.63) is 48.3 Å². The Balaban J connectivity index is 1.66. The number of thiazole rings is 1. The summed E-state index contributed by atoms with van der Waals surface area (Å²) in [7, 11) is 0. The van der Waals surface area contributed by atoms with Gasteiger partial charge in [-0.05, 0) is 31.0 Å². The number of aromatic nitrogens is 3. The molecule has 1 fully saturated rings. The van der Waals surface area contributed by atoms with E-state index >= 15 is 0 Å². The SMILES string of the molecule is CC(=O)Nc1nc(C2CC2)c(-c2ccnc(Nc3ccccc3)n2)s1. The monoisotopic (exact) mass is 351 g/mol. The predicted molar refractivity (Wildman–Crippen MR) is 99.1 cm³/mol. The molecule has 0 unspecified atom stereocenters. The molecule has 2 heterocycles. The molecule has 0 spiro atoms. The molecule has 0 atom stereocenters. The largest absolute Gasteiger partial charge is 0.324 e. The van der Waals surface area contributed by atoms with Gasteiger partial charge in [0.15, 0.2) is 5.13 Å². The molecule has 1 aromatic carbocycles. The van der Waals surface area contributed by atoms with E-state index in [0.717, 1.165) is 34.8 Å². The molecule has 2 N–H and O–H groups in total. The van der Waals surface area contributed by atoms with E-state index in [1.54, 1.807) is 6.20 Å². The first-order chi connectivity index (χ1) is 12.2. The van der Waals surface area contributed by atoms with Crippen molar-refractivity contribution >= 4 is 34.0 Å². The Morgan fingerprint density at radius 3 is 2.68 bits per heavy atom. The van der Waals surface area contributed by atoms with Crippen LogP contribution in [0.3, 0.4) is 0 Å². The number of benzene rings is 1. The molecule has 4 rings (SSSR count). The summed E-state index contributed by atoms with van der Waals surface area (Å²) >= 11 is 1.46. The van der Waals surface area contributed by atoms with Gasteiger partial charge in [-0.2, -0.15) is 0 Å². The average molecular weight is 351 g/mol. The maximum atomic E-state index is 11.3. The van der Waals surface area contributed by atoms with Gasteiger partial charge in [0, 0.05) is 24.7 Å². The summed E-state index contributed by atoms with van der Waals surface area (Å²) in [6.07, 6.45) is 4.01. The third-order valence-electron chi connectivity index (χ3n) is 3.82. The van der Waals surface area contributed by atoms with Gasteiger partial charge in [0.25, 0.3) is 0 Å². The summed E-state index contributed by atoms with van der Waals surface area (Å²) in [5.41, 5.74) is 2.79. The Bertz CT molecular complexity index is 905. The van der Waals surface area contributed by atoms with Gasteiger partial charge in [0.1, 0.15) is 0 Å². The lowest BCUT2D eigenvalue weighted by Gasteiger charge is -2.06. The Morgan fingerprint density at radius 1 is 1.16 bits per heavy atom. The van der Waals surface area contributed by atoms with Crippen LogP contribution in [0, 0.1) is 0 Å². The first kappa shape index (κ1) is 15.7. The molecule has 126 valence electrons. The third kappa shape index (κ3) is 3.66. The number of carbonyl (C=O) groups is 1. The Labute approximate surface area is 149 Å². The number of nitrogens with one attached hydrogen (secondary N) is 2. The van der Waals surface area contributed by atoms with Crippen LogP contribution >= 0.6 is 11.3 Å². The Kier molecular flexibility index (Phi) is 4.15. The smallest absolute Gasteiger partial charge is 0.227 e. The van der Waals surface area contributed by atoms with Crippen LogP contribution in [0.2, 0.25) is 0 Å². The first-order valence-corrected chi connectivity index (χ1v) is 8.94. The summed E-state index contributed by atoms with van der Waals surface area (Å²) in [5, 5.41) is 6.62. The van der Waals surface area contributed by atoms with E-state index in [-0.39, 0.29) is 5.91 Å². The maximum Gasteiger partial charge on any atom is 0.227 e. The standard InChI is InChI=1S/C18H17N5OS/c1-11(24)20-18-23-15(12-7-8-12)16(25-18)14-9-10-19-17(22-14)21-13-5-3-2-4-6-13/h2-6,9-10,12H,7-8H2,1H3,(H,19,21,22)(H,20,23,24). The third-order valence-corrected chi connectivity index (χ3v) is 4.83. The van der Waals surface area contributed by atoms with Crippen molar-refractivity contribution in [2.24, 2.45) is 0 Å². The van der Waals surface area contributed by atoms with Crippen LogP contribution < -0.4 is 10.6 Å². The van der Waals surface area contributed by atoms with Crippen LogP contribution in [0.4, 0.5) is 16.8 Å². The molecule has 1 saturated carbocycles. The Morgan fingerprint density at radius 2 is 1.96 bits per heavy atom. The summed E-state index contributed by atoms with van der Waals surface area (Å²) in [6.45, 7) is 1.49. The van der Waals surface area contributed by atoms with E-state index in [2.05, 4.69) is 25.6 Å². The van der Waals surface area contributed by atoms with Crippen LogP contribution in [0.15, 0.2) is 42.6 Å². The second-order valence-corrected chi connectivity index (χ2v) is 6.94. The van der Waals surface area contributed by atoms with E-state index in [1.807, 2.05) is 36.4 Å². The van der Waals surface area contributed by atoms with E-state index < -0.39 is 0 Å². The zero-order valence-electron chi connectivity index (χ0n) is 13.7. The summed E-state index contributed by atoms with van der Waals surface area (Å²) in [6, 6.07) is 11.7. The van der Waals surface area contributed by atoms with Gasteiger partial charge in [-0.1, -0.05) is 29.5 Å². The van der Waals surface area contributed by atoms with Crippen LogP contribution in [-0.2, 0) is 4.79 Å². The van der Waals surface area contributed by atoms with Gasteiger partial charge in [-0.25, -0.2) is 15.0 Å². The number of rotatable bonds is 5. The highest BCUT2D eigenvalue weighted by Crippen LogP contribution is 2.46. The zero-order chi connectivity index (χ0) is 17.2. The molecule has 0 bridgehead atoms. The second-order valence-electron chi connectivity index (χ2n) is 5.95. The van der Waals surface area contributed by atoms with Crippen molar-refractivity contribution in [3.63, 3.8) is 0 Å². The van der Waals surface area contributed by atoms with Gasteiger partial charge in [-0.3, -0.25) is 4.79 Å². The molecule has 3 aromatic rings. The molecule has 0 saturated heterocycles. The fourth-order valence-corrected chi connectivity index (χ4v) is 3.62. The Hall–Kier alpha value is -2.80. The fourth-order valence-electron chi connectivity index (χ4n) is 2.55. The second kappa shape index (κ2) is 6.60. The van der Waals surface area contributed by atoms with Gasteiger partial charge < -0.3 is 10.6 Å². The molecular weight excluding hydrogens is 334 g/mol. The summed E-state index contributed by atoms with van der Waals surface area (Å²) in [4.78, 5) is 25.9. The van der Waals surface area contributed by atoms with Crippen molar-refractivity contribution in [1.82, 2.24) is 15.0 Å². The van der Waals surface area contributed by atoms with Crippen LogP contribution in [0.5, 0.6) is 0 Å². The van der Waals surface area contributed by atoms with Crippen molar-refractivity contribution in [3.8, 4) is 10.6 Å². The van der Waals surface area contributed by atoms with Crippen LogP contribution in [0.25, 0.3) is 10.6 Å². The molecule has 1 aliphatic carbocycles. The van der Waals surface area contributed by atoms with Gasteiger partial charge in [0.2, 0.25) is 11.9 Å². The summed E-state index contributed by atoms with van der Waals surface area (Å²) in [5.74, 6) is 0.894. The fraction of sp³-hybridized carbons (Fsp3) is 0.222. The highest BCUT2D eigenvalue weighted by atomic mass is 32.1. The van der Waals surface area contributed by atoms with Crippen molar-refractivity contribution in [1.29, 1.82) is 0 Å². The van der Waals surface area contributed by atoms with Crippen molar-refractivity contribution < 1.29 is 4.79 Å². The summed E-state index contributed by atoms with van der Waals surface area (Å²) < 4.78 is 0. The lowest BCUT2D eigenvalue weighted by molar-refractivity contribution is -0.114. The van der Waals surface area contributed by atoms with Crippen molar-refractivity contribution in [2.75, 3.05) is 10.6 Å². The highest BCUT2D eigenvalue weighted by molar-refractivity contribution is 7.19. The van der Waals surface area contributed by atoms with E-state index in [1.165, 1.54) is 18.3 Å². The molecule has 2 aromatic heterocycles. The molecular formula is C18H17N5OS. The quantitative estimate of drug-likeness (QED) is 0.721. The maximum absolute atomic E-state index is 11.3. The molecule has 0 radical (unpaired) electrons. The number of carbonyl (C=O) groups excluding carboxylic acids is 1. The number of nitrogens with zero attached hydrogens (tertiary/aromatic N) is 3. The minimum absolute atomic E-state index is 0.114. The molecule has 1 amide bonds. The van der Waals surface area contributed by atoms with Gasteiger partial charge in [0.05, 0.1) is 16.3 Å². The number of amides is 1. The average Bonchev–Trinajstić information content (AvgIpc) is 3.36. The molecule has 25 heavy (non-hydrogen) atoms. The lowest BCUT2D eigenvalue weighted by atomic mass is 10.2. The normalized spacial score (nSPS) is 13.5. The van der Waals surface area contributed by atoms with Crippen LogP contribution in [-0.4, -0.2) is 20.9 Å². The van der Waals surface area contributed by atoms with Gasteiger partial charge in [-0.15, -0.1) is 0 Å². The van der Waals surface area contributed by atoms with E-state index in [9.17, 15) is 4.79 Å². The topological polar surface area (TPSA) is 79.8 Å². The molecule has 0 aliphatic heterocycles. The van der Waals surface area contributed by atoms with Crippen molar-refractivity contribution in [2.45, 2.75) is 25.7 Å². The first-order valence-electron chi connectivity index (χ1n) is 8.13. The lowest BCUT2D eigenvalue weighted by Crippen LogP contribution is -2.05.